The van der Waals surface area contributed by atoms with Crippen LogP contribution >= 0.6 is 11.8 Å². The van der Waals surface area contributed by atoms with Gasteiger partial charge in [-0.05, 0) is 68.7 Å². The number of carbonyl (C=O) groups excluding carboxylic acids is 2. The molecule has 0 unspecified atom stereocenters. The van der Waals surface area contributed by atoms with Gasteiger partial charge in [0.25, 0.3) is 5.91 Å². The van der Waals surface area contributed by atoms with E-state index < -0.39 is 0 Å². The largest absolute Gasteiger partial charge is 0.273 e. The molecule has 0 atom stereocenters. The Hall–Kier alpha value is -3.78. The number of pyridine rings is 1. The summed E-state index contributed by atoms with van der Waals surface area (Å²) in [7, 11) is 0. The van der Waals surface area contributed by atoms with Crippen LogP contribution in [0.4, 0.5) is 0 Å². The number of hydrogen-bond acceptors (Lipinski definition) is 6. The number of para-hydroxylation sites is 1. The number of fused-ring (bicyclic) bond motifs is 1. The Kier molecular flexibility index (Phi) is 7.41. The number of hydrazine groups is 1. The summed E-state index contributed by atoms with van der Waals surface area (Å²) < 4.78 is 0. The highest BCUT2D eigenvalue weighted by molar-refractivity contribution is 7.98. The van der Waals surface area contributed by atoms with Crippen LogP contribution in [0, 0.1) is 27.7 Å². The molecule has 4 rings (SSSR count). The lowest BCUT2D eigenvalue weighted by molar-refractivity contribution is -0.121. The Morgan fingerprint density at radius 1 is 0.857 bits per heavy atom. The van der Waals surface area contributed by atoms with Crippen LogP contribution in [-0.2, 0) is 17.0 Å². The van der Waals surface area contributed by atoms with Crippen molar-refractivity contribution in [1.29, 1.82) is 0 Å². The SMILES string of the molecule is Cc1cc(C)nc(SCc2ccc(C(=O)NNC(=O)Cc3c(C)nc4ccccc4c3C)cc2)n1. The fraction of sp³-hybridized carbons (Fsp3) is 0.222. The summed E-state index contributed by atoms with van der Waals surface area (Å²) in [6, 6.07) is 17.1. The lowest BCUT2D eigenvalue weighted by atomic mass is 9.99. The molecule has 0 saturated heterocycles. The molecule has 2 amide bonds. The van der Waals surface area contributed by atoms with Crippen LogP contribution in [-0.4, -0.2) is 26.8 Å². The van der Waals surface area contributed by atoms with Crippen LogP contribution < -0.4 is 10.9 Å². The molecule has 2 N–H and O–H groups in total. The Bertz CT molecular complexity index is 1380. The minimum atomic E-state index is -0.375. The van der Waals surface area contributed by atoms with E-state index in [1.807, 2.05) is 70.2 Å². The molecule has 0 radical (unpaired) electrons. The van der Waals surface area contributed by atoms with E-state index in [9.17, 15) is 9.59 Å². The second-order valence-electron chi connectivity index (χ2n) is 8.42. The van der Waals surface area contributed by atoms with Crippen molar-refractivity contribution in [3.8, 4) is 0 Å². The van der Waals surface area contributed by atoms with Crippen LogP contribution in [0.5, 0.6) is 0 Å². The predicted molar refractivity (Wildman–Crippen MR) is 138 cm³/mol. The van der Waals surface area contributed by atoms with E-state index in [4.69, 9.17) is 0 Å². The van der Waals surface area contributed by atoms with Crippen LogP contribution in [0.2, 0.25) is 0 Å². The Balaban J connectivity index is 1.32. The van der Waals surface area contributed by atoms with Gasteiger partial charge in [-0.3, -0.25) is 25.4 Å². The van der Waals surface area contributed by atoms with Crippen molar-refractivity contribution >= 4 is 34.5 Å². The number of carbonyl (C=O) groups is 2. The average molecular weight is 486 g/mol. The van der Waals surface area contributed by atoms with Crippen LogP contribution in [0.15, 0.2) is 59.8 Å². The number of nitrogens with zero attached hydrogens (tertiary/aromatic N) is 3. The van der Waals surface area contributed by atoms with Crippen molar-refractivity contribution in [3.63, 3.8) is 0 Å². The monoisotopic (exact) mass is 485 g/mol. The molecular weight excluding hydrogens is 458 g/mol. The van der Waals surface area contributed by atoms with Crippen molar-refractivity contribution in [2.24, 2.45) is 0 Å². The molecule has 0 aliphatic carbocycles. The summed E-state index contributed by atoms with van der Waals surface area (Å²) in [5, 5.41) is 1.76. The first kappa shape index (κ1) is 24.3. The quantitative estimate of drug-likeness (QED) is 0.236. The predicted octanol–water partition coefficient (Wildman–Crippen LogP) is 4.55. The number of thioether (sulfide) groups is 1. The molecule has 7 nitrogen and oxygen atoms in total. The van der Waals surface area contributed by atoms with Gasteiger partial charge in [0.05, 0.1) is 11.9 Å². The van der Waals surface area contributed by atoms with Crippen molar-refractivity contribution in [3.05, 3.63) is 93.9 Å². The summed E-state index contributed by atoms with van der Waals surface area (Å²) in [6.07, 6.45) is 0.131. The van der Waals surface area contributed by atoms with Crippen molar-refractivity contribution < 1.29 is 9.59 Å². The molecule has 2 heterocycles. The second-order valence-corrected chi connectivity index (χ2v) is 9.36. The molecule has 0 fully saturated rings. The first-order valence-electron chi connectivity index (χ1n) is 11.3. The third-order valence-corrected chi connectivity index (χ3v) is 6.60. The Morgan fingerprint density at radius 2 is 1.54 bits per heavy atom. The average Bonchev–Trinajstić information content (AvgIpc) is 2.83. The molecule has 178 valence electrons. The maximum Gasteiger partial charge on any atom is 0.269 e. The minimum Gasteiger partial charge on any atom is -0.273 e. The number of aryl methyl sites for hydroxylation is 4. The van der Waals surface area contributed by atoms with Gasteiger partial charge in [0.1, 0.15) is 0 Å². The smallest absolute Gasteiger partial charge is 0.269 e. The molecule has 0 bridgehead atoms. The highest BCUT2D eigenvalue weighted by Crippen LogP contribution is 2.23. The number of nitrogens with one attached hydrogen (secondary N) is 2. The Labute approximate surface area is 208 Å². The van der Waals surface area contributed by atoms with E-state index in [2.05, 4.69) is 25.8 Å². The first-order chi connectivity index (χ1) is 16.8. The lowest BCUT2D eigenvalue weighted by Gasteiger charge is -2.13. The standard InChI is InChI=1S/C27H27N5O2S/c1-16-13-17(2)29-27(28-16)35-15-20-9-11-21(12-10-20)26(34)32-31-25(33)14-23-18(3)22-7-5-6-8-24(22)30-19(23)4/h5-13H,14-15H2,1-4H3,(H,31,33)(H,32,34). The molecule has 0 saturated carbocycles. The third kappa shape index (κ3) is 6.02. The normalized spacial score (nSPS) is 10.9. The molecule has 2 aromatic heterocycles. The topological polar surface area (TPSA) is 96.9 Å². The summed E-state index contributed by atoms with van der Waals surface area (Å²) >= 11 is 1.55. The zero-order valence-electron chi connectivity index (χ0n) is 20.2. The van der Waals surface area contributed by atoms with Crippen LogP contribution in [0.3, 0.4) is 0 Å². The molecule has 4 aromatic rings. The number of benzene rings is 2. The molecule has 2 aromatic carbocycles. The van der Waals surface area contributed by atoms with E-state index in [0.29, 0.717) is 11.3 Å². The summed E-state index contributed by atoms with van der Waals surface area (Å²) in [6.45, 7) is 7.79. The van der Waals surface area contributed by atoms with Crippen molar-refractivity contribution in [1.82, 2.24) is 25.8 Å². The van der Waals surface area contributed by atoms with Crippen LogP contribution in [0.1, 0.15) is 44.1 Å². The van der Waals surface area contributed by atoms with Gasteiger partial charge in [-0.15, -0.1) is 0 Å². The van der Waals surface area contributed by atoms with E-state index in [1.54, 1.807) is 23.9 Å². The van der Waals surface area contributed by atoms with Gasteiger partial charge < -0.3 is 0 Å². The zero-order valence-corrected chi connectivity index (χ0v) is 21.0. The zero-order chi connectivity index (χ0) is 24.9. The minimum absolute atomic E-state index is 0.131. The number of amides is 2. The third-order valence-electron chi connectivity index (χ3n) is 5.68. The number of aromatic nitrogens is 3. The second kappa shape index (κ2) is 10.7. The maximum absolute atomic E-state index is 12.5. The summed E-state index contributed by atoms with van der Waals surface area (Å²) in [5.74, 6) is 0.0170. The molecule has 35 heavy (non-hydrogen) atoms. The fourth-order valence-electron chi connectivity index (χ4n) is 3.89. The van der Waals surface area contributed by atoms with E-state index in [-0.39, 0.29) is 18.2 Å². The van der Waals surface area contributed by atoms with E-state index in [0.717, 1.165) is 49.8 Å². The Morgan fingerprint density at radius 3 is 2.26 bits per heavy atom. The van der Waals surface area contributed by atoms with E-state index in [1.165, 1.54) is 0 Å². The van der Waals surface area contributed by atoms with Gasteiger partial charge in [0.2, 0.25) is 5.91 Å². The summed E-state index contributed by atoms with van der Waals surface area (Å²) in [4.78, 5) is 38.5. The molecule has 8 heteroatoms. The molecule has 0 aliphatic heterocycles. The first-order valence-corrected chi connectivity index (χ1v) is 12.3. The highest BCUT2D eigenvalue weighted by atomic mass is 32.2. The van der Waals surface area contributed by atoms with E-state index >= 15 is 0 Å². The maximum atomic E-state index is 12.5. The number of rotatable bonds is 6. The van der Waals surface area contributed by atoms with Gasteiger partial charge >= 0.3 is 0 Å². The van der Waals surface area contributed by atoms with Gasteiger partial charge in [-0.25, -0.2) is 9.97 Å². The fourth-order valence-corrected chi connectivity index (χ4v) is 4.80. The number of hydrogen-bond donors (Lipinski definition) is 2. The van der Waals surface area contributed by atoms with Crippen molar-refractivity contribution in [2.45, 2.75) is 45.0 Å². The molecular formula is C27H27N5O2S. The van der Waals surface area contributed by atoms with Gasteiger partial charge in [-0.1, -0.05) is 42.1 Å². The van der Waals surface area contributed by atoms with Crippen molar-refractivity contribution in [2.75, 3.05) is 0 Å². The lowest BCUT2D eigenvalue weighted by Crippen LogP contribution is -2.42. The van der Waals surface area contributed by atoms with Gasteiger partial charge in [0.15, 0.2) is 5.16 Å². The molecule has 0 aliphatic rings. The highest BCUT2D eigenvalue weighted by Gasteiger charge is 2.14. The van der Waals surface area contributed by atoms with Crippen LogP contribution in [0.25, 0.3) is 10.9 Å². The summed E-state index contributed by atoms with van der Waals surface area (Å²) in [5.41, 5.74) is 12.0. The van der Waals surface area contributed by atoms with Gasteiger partial charge in [-0.2, -0.15) is 0 Å². The molecule has 0 spiro atoms. The van der Waals surface area contributed by atoms with Gasteiger partial charge in [0, 0.05) is 33.8 Å².